The molecule has 2 aliphatic heterocycles. The van der Waals surface area contributed by atoms with Gasteiger partial charge in [-0.25, -0.2) is 0 Å². The van der Waals surface area contributed by atoms with Crippen LogP contribution < -0.4 is 0 Å². The smallest absolute Gasteiger partial charge is 0.248 e. The third kappa shape index (κ3) is 4.21. The lowest BCUT2D eigenvalue weighted by Crippen LogP contribution is -2.54. The van der Waals surface area contributed by atoms with E-state index in [0.717, 1.165) is 52.5 Å². The summed E-state index contributed by atoms with van der Waals surface area (Å²) >= 11 is 0. The van der Waals surface area contributed by atoms with Gasteiger partial charge < -0.3 is 14.5 Å². The molecule has 0 saturated carbocycles. The maximum absolute atomic E-state index is 12.2. The van der Waals surface area contributed by atoms with E-state index in [0.29, 0.717) is 0 Å². The Kier molecular flexibility index (Phi) is 5.05. The van der Waals surface area contributed by atoms with Gasteiger partial charge in [0.2, 0.25) is 5.91 Å². The molecular weight excluding hydrogens is 254 g/mol. The fourth-order valence-electron chi connectivity index (χ4n) is 2.60. The number of ether oxygens (including phenoxy) is 1. The Morgan fingerprint density at radius 3 is 2.15 bits per heavy atom. The Hall–Kier alpha value is -1.07. The average Bonchev–Trinajstić information content (AvgIpc) is 2.45. The summed E-state index contributed by atoms with van der Waals surface area (Å²) in [5.41, 5.74) is 0.193. The van der Waals surface area contributed by atoms with E-state index in [1.165, 1.54) is 0 Å². The van der Waals surface area contributed by atoms with Crippen molar-refractivity contribution in [3.8, 4) is 0 Å². The predicted molar refractivity (Wildman–Crippen MR) is 79.4 cm³/mol. The van der Waals surface area contributed by atoms with Gasteiger partial charge in [-0.1, -0.05) is 0 Å². The summed E-state index contributed by atoms with van der Waals surface area (Å²) in [4.78, 5) is 18.7. The zero-order chi connectivity index (χ0) is 14.6. The number of nitrogens with zero attached hydrogens (tertiary/aromatic N) is 3. The lowest BCUT2D eigenvalue weighted by molar-refractivity contribution is -0.128. The van der Waals surface area contributed by atoms with Gasteiger partial charge in [-0.2, -0.15) is 0 Å². The molecule has 0 radical (unpaired) electrons. The summed E-state index contributed by atoms with van der Waals surface area (Å²) in [7, 11) is 0. The molecule has 0 atom stereocenters. The topological polar surface area (TPSA) is 36.0 Å². The Labute approximate surface area is 122 Å². The number of carbonyl (C=O) groups excluding carboxylic acids is 1. The van der Waals surface area contributed by atoms with Gasteiger partial charge >= 0.3 is 0 Å². The van der Waals surface area contributed by atoms with Gasteiger partial charge in [-0.05, 0) is 20.8 Å². The van der Waals surface area contributed by atoms with Crippen molar-refractivity contribution >= 4 is 5.91 Å². The molecule has 0 bridgehead atoms. The normalized spacial score (nSPS) is 22.6. The second-order valence-corrected chi connectivity index (χ2v) is 6.45. The van der Waals surface area contributed by atoms with Crippen LogP contribution in [0.2, 0.25) is 0 Å². The van der Waals surface area contributed by atoms with Gasteiger partial charge in [0.15, 0.2) is 0 Å². The molecule has 2 fully saturated rings. The van der Waals surface area contributed by atoms with Crippen LogP contribution in [0.3, 0.4) is 0 Å². The molecule has 0 unspecified atom stereocenters. The lowest BCUT2D eigenvalue weighted by Gasteiger charge is -2.42. The third-order valence-electron chi connectivity index (χ3n) is 4.01. The van der Waals surface area contributed by atoms with E-state index in [-0.39, 0.29) is 11.4 Å². The zero-order valence-corrected chi connectivity index (χ0v) is 13.0. The van der Waals surface area contributed by atoms with Crippen LogP contribution in [0.5, 0.6) is 0 Å². The van der Waals surface area contributed by atoms with Crippen molar-refractivity contribution in [1.29, 1.82) is 0 Å². The number of amides is 1. The van der Waals surface area contributed by atoms with Crippen molar-refractivity contribution in [2.45, 2.75) is 26.3 Å². The van der Waals surface area contributed by atoms with E-state index >= 15 is 0 Å². The molecule has 0 N–H and O–H groups in total. The number of morpholine rings is 1. The van der Waals surface area contributed by atoms with E-state index < -0.39 is 0 Å². The minimum absolute atomic E-state index is 0.130. The highest BCUT2D eigenvalue weighted by Gasteiger charge is 2.27. The highest BCUT2D eigenvalue weighted by atomic mass is 16.5. The average molecular weight is 281 g/mol. The number of hydrogen-bond acceptors (Lipinski definition) is 4. The summed E-state index contributed by atoms with van der Waals surface area (Å²) in [5, 5.41) is 0. The second-order valence-electron chi connectivity index (χ2n) is 6.45. The summed E-state index contributed by atoms with van der Waals surface area (Å²) in [5.74, 6) is 0.130. The van der Waals surface area contributed by atoms with Crippen molar-refractivity contribution in [1.82, 2.24) is 14.7 Å². The molecule has 2 rings (SSSR count). The van der Waals surface area contributed by atoms with Gasteiger partial charge in [0.1, 0.15) is 0 Å². The summed E-state index contributed by atoms with van der Waals surface area (Å²) in [6, 6.07) is 0. The molecule has 2 heterocycles. The number of rotatable bonds is 2. The molecule has 0 aromatic carbocycles. The molecular formula is C15H27N3O2. The standard InChI is InChI=1S/C15H27N3O2/c1-15(2,3)18-8-6-17(7-9-18)14(19)4-5-16-10-12-20-13-11-16/h4-5H,6-13H2,1-3H3/b5-4+. The highest BCUT2D eigenvalue weighted by molar-refractivity contribution is 5.87. The van der Waals surface area contributed by atoms with E-state index in [4.69, 9.17) is 4.74 Å². The van der Waals surface area contributed by atoms with Crippen LogP contribution in [0, 0.1) is 0 Å². The zero-order valence-electron chi connectivity index (χ0n) is 13.0. The van der Waals surface area contributed by atoms with Crippen molar-refractivity contribution in [3.63, 3.8) is 0 Å². The maximum atomic E-state index is 12.2. The first-order chi connectivity index (χ1) is 9.47. The van der Waals surface area contributed by atoms with Crippen molar-refractivity contribution in [2.75, 3.05) is 52.5 Å². The molecule has 114 valence electrons. The van der Waals surface area contributed by atoms with Crippen LogP contribution >= 0.6 is 0 Å². The third-order valence-corrected chi connectivity index (χ3v) is 4.01. The Bertz CT molecular complexity index is 349. The number of piperazine rings is 1. The second kappa shape index (κ2) is 6.59. The highest BCUT2D eigenvalue weighted by Crippen LogP contribution is 2.15. The summed E-state index contributed by atoms with van der Waals surface area (Å²) in [6.07, 6.45) is 3.62. The molecule has 0 aromatic heterocycles. The van der Waals surface area contributed by atoms with Crippen LogP contribution in [0.15, 0.2) is 12.3 Å². The Morgan fingerprint density at radius 2 is 1.60 bits per heavy atom. The molecule has 2 aliphatic rings. The van der Waals surface area contributed by atoms with Gasteiger partial charge in [-0.15, -0.1) is 0 Å². The van der Waals surface area contributed by atoms with Gasteiger partial charge in [0, 0.05) is 57.1 Å². The Balaban J connectivity index is 1.78. The fraction of sp³-hybridized carbons (Fsp3) is 0.800. The van der Waals surface area contributed by atoms with E-state index in [9.17, 15) is 4.79 Å². The molecule has 5 heteroatoms. The number of hydrogen-bond donors (Lipinski definition) is 0. The fourth-order valence-corrected chi connectivity index (χ4v) is 2.60. The first kappa shape index (κ1) is 15.3. The van der Waals surface area contributed by atoms with Gasteiger partial charge in [-0.3, -0.25) is 9.69 Å². The maximum Gasteiger partial charge on any atom is 0.248 e. The summed E-state index contributed by atoms with van der Waals surface area (Å²) < 4.78 is 5.29. The minimum atomic E-state index is 0.130. The van der Waals surface area contributed by atoms with Crippen molar-refractivity contribution in [3.05, 3.63) is 12.3 Å². The van der Waals surface area contributed by atoms with Crippen molar-refractivity contribution in [2.24, 2.45) is 0 Å². The molecule has 0 aliphatic carbocycles. The van der Waals surface area contributed by atoms with E-state index in [2.05, 4.69) is 30.6 Å². The first-order valence-electron chi connectivity index (χ1n) is 7.51. The van der Waals surface area contributed by atoms with Crippen LogP contribution in [0.4, 0.5) is 0 Å². The molecule has 5 nitrogen and oxygen atoms in total. The largest absolute Gasteiger partial charge is 0.378 e. The molecule has 0 spiro atoms. The van der Waals surface area contributed by atoms with Crippen LogP contribution in [0.25, 0.3) is 0 Å². The minimum Gasteiger partial charge on any atom is -0.378 e. The van der Waals surface area contributed by atoms with Crippen LogP contribution in [-0.4, -0.2) is 78.6 Å². The SMILES string of the molecule is CC(C)(C)N1CCN(C(=O)/C=C/N2CCOCC2)CC1. The van der Waals surface area contributed by atoms with Crippen LogP contribution in [0.1, 0.15) is 20.8 Å². The van der Waals surface area contributed by atoms with Gasteiger partial charge in [0.25, 0.3) is 0 Å². The summed E-state index contributed by atoms with van der Waals surface area (Å²) in [6.45, 7) is 13.5. The lowest BCUT2D eigenvalue weighted by atomic mass is 10.1. The molecule has 2 saturated heterocycles. The molecule has 20 heavy (non-hydrogen) atoms. The van der Waals surface area contributed by atoms with Gasteiger partial charge in [0.05, 0.1) is 13.2 Å². The van der Waals surface area contributed by atoms with Crippen LogP contribution in [-0.2, 0) is 9.53 Å². The number of carbonyl (C=O) groups is 1. The van der Waals surface area contributed by atoms with E-state index in [1.54, 1.807) is 6.08 Å². The quantitative estimate of drug-likeness (QED) is 0.701. The van der Waals surface area contributed by atoms with E-state index in [1.807, 2.05) is 11.1 Å². The molecule has 1 amide bonds. The predicted octanol–water partition coefficient (Wildman–Crippen LogP) is 0.775. The van der Waals surface area contributed by atoms with Crippen molar-refractivity contribution < 1.29 is 9.53 Å². The Morgan fingerprint density at radius 1 is 1.00 bits per heavy atom. The molecule has 0 aromatic rings. The first-order valence-corrected chi connectivity index (χ1v) is 7.51. The monoisotopic (exact) mass is 281 g/mol.